The Morgan fingerprint density at radius 1 is 0.844 bits per heavy atom. The van der Waals surface area contributed by atoms with Crippen LogP contribution in [0.2, 0.25) is 0 Å². The first kappa shape index (κ1) is 20.7. The van der Waals surface area contributed by atoms with Crippen LogP contribution >= 0.6 is 0 Å². The van der Waals surface area contributed by atoms with Crippen molar-refractivity contribution >= 4 is 21.7 Å². The smallest absolute Gasteiger partial charge is 0.137 e. The molecule has 1 aliphatic rings. The molecule has 5 nitrogen and oxygen atoms in total. The third-order valence-electron chi connectivity index (χ3n) is 6.25. The highest BCUT2D eigenvalue weighted by Crippen LogP contribution is 2.27. The summed E-state index contributed by atoms with van der Waals surface area (Å²) in [6.07, 6.45) is 1.74. The number of ether oxygens (including phenoxy) is 2. The molecule has 0 atom stereocenters. The minimum atomic E-state index is 0.668. The monoisotopic (exact) mass is 427 g/mol. The molecule has 0 radical (unpaired) electrons. The van der Waals surface area contributed by atoms with Crippen LogP contribution in [0, 0.1) is 0 Å². The maximum absolute atomic E-state index is 6.13. The first-order chi connectivity index (χ1) is 15.8. The zero-order chi connectivity index (χ0) is 21.8. The third kappa shape index (κ3) is 4.69. The number of methoxy groups -OCH3 is 1. The van der Waals surface area contributed by atoms with Crippen LogP contribution in [0.25, 0.3) is 21.7 Å². The molecule has 0 amide bonds. The molecule has 2 heterocycles. The Balaban J connectivity index is 1.12. The SMILES string of the molecule is COc1cnc2cccc(OCCN3CCN(Cc4ccc5ccccc5c4)CC3)c2c1. The Hall–Kier alpha value is -3.15. The molecule has 4 aromatic rings. The number of benzene rings is 3. The van der Waals surface area contributed by atoms with E-state index in [9.17, 15) is 0 Å². The summed E-state index contributed by atoms with van der Waals surface area (Å²) >= 11 is 0. The number of pyridine rings is 1. The van der Waals surface area contributed by atoms with Gasteiger partial charge in [-0.1, -0.05) is 42.5 Å². The van der Waals surface area contributed by atoms with Gasteiger partial charge >= 0.3 is 0 Å². The van der Waals surface area contributed by atoms with Crippen molar-refractivity contribution in [2.24, 2.45) is 0 Å². The topological polar surface area (TPSA) is 37.8 Å². The number of aromatic nitrogens is 1. The van der Waals surface area contributed by atoms with E-state index in [0.29, 0.717) is 6.61 Å². The predicted molar refractivity (Wildman–Crippen MR) is 129 cm³/mol. The Labute approximate surface area is 189 Å². The van der Waals surface area contributed by atoms with Crippen molar-refractivity contribution in [3.05, 3.63) is 78.5 Å². The molecule has 0 spiro atoms. The van der Waals surface area contributed by atoms with E-state index in [1.807, 2.05) is 24.3 Å². The molecule has 5 heteroatoms. The van der Waals surface area contributed by atoms with Gasteiger partial charge in [0.05, 0.1) is 18.8 Å². The summed E-state index contributed by atoms with van der Waals surface area (Å²) in [5, 5.41) is 3.62. The van der Waals surface area contributed by atoms with E-state index in [4.69, 9.17) is 9.47 Å². The number of fused-ring (bicyclic) bond motifs is 2. The van der Waals surface area contributed by atoms with Crippen LogP contribution in [0.4, 0.5) is 0 Å². The van der Waals surface area contributed by atoms with E-state index < -0.39 is 0 Å². The third-order valence-corrected chi connectivity index (χ3v) is 6.25. The normalized spacial score (nSPS) is 15.3. The molecule has 5 rings (SSSR count). The van der Waals surface area contributed by atoms with Crippen molar-refractivity contribution in [2.45, 2.75) is 6.54 Å². The van der Waals surface area contributed by atoms with E-state index in [1.54, 1.807) is 13.3 Å². The van der Waals surface area contributed by atoms with Crippen LogP contribution in [0.1, 0.15) is 5.56 Å². The van der Waals surface area contributed by atoms with Gasteiger partial charge in [0.15, 0.2) is 0 Å². The summed E-state index contributed by atoms with van der Waals surface area (Å²) in [5.41, 5.74) is 2.31. The summed E-state index contributed by atoms with van der Waals surface area (Å²) in [6, 6.07) is 23.4. The molecule has 164 valence electrons. The number of hydrogen-bond acceptors (Lipinski definition) is 5. The number of nitrogens with zero attached hydrogens (tertiary/aromatic N) is 3. The molecular weight excluding hydrogens is 398 g/mol. The maximum Gasteiger partial charge on any atom is 0.137 e. The lowest BCUT2D eigenvalue weighted by Crippen LogP contribution is -2.47. The lowest BCUT2D eigenvalue weighted by Gasteiger charge is -2.34. The molecule has 1 aliphatic heterocycles. The predicted octanol–water partition coefficient (Wildman–Crippen LogP) is 4.59. The average molecular weight is 428 g/mol. The van der Waals surface area contributed by atoms with Gasteiger partial charge in [0, 0.05) is 44.7 Å². The molecule has 32 heavy (non-hydrogen) atoms. The minimum absolute atomic E-state index is 0.668. The van der Waals surface area contributed by atoms with Gasteiger partial charge in [0.25, 0.3) is 0 Å². The second-order valence-electron chi connectivity index (χ2n) is 8.35. The van der Waals surface area contributed by atoms with Crippen molar-refractivity contribution in [3.63, 3.8) is 0 Å². The van der Waals surface area contributed by atoms with Gasteiger partial charge in [-0.2, -0.15) is 0 Å². The highest BCUT2D eigenvalue weighted by Gasteiger charge is 2.17. The first-order valence-corrected chi connectivity index (χ1v) is 11.3. The van der Waals surface area contributed by atoms with E-state index in [1.165, 1.54) is 16.3 Å². The molecule has 0 aliphatic carbocycles. The Bertz CT molecular complexity index is 1200. The van der Waals surface area contributed by atoms with E-state index in [-0.39, 0.29) is 0 Å². The van der Waals surface area contributed by atoms with Crippen molar-refractivity contribution in [1.82, 2.24) is 14.8 Å². The van der Waals surface area contributed by atoms with Crippen LogP contribution in [0.5, 0.6) is 11.5 Å². The zero-order valence-corrected chi connectivity index (χ0v) is 18.5. The van der Waals surface area contributed by atoms with Crippen molar-refractivity contribution in [3.8, 4) is 11.5 Å². The van der Waals surface area contributed by atoms with Crippen molar-refractivity contribution < 1.29 is 9.47 Å². The fourth-order valence-electron chi connectivity index (χ4n) is 4.39. The zero-order valence-electron chi connectivity index (χ0n) is 18.5. The first-order valence-electron chi connectivity index (χ1n) is 11.3. The van der Waals surface area contributed by atoms with Crippen molar-refractivity contribution in [2.75, 3.05) is 46.4 Å². The van der Waals surface area contributed by atoms with Crippen LogP contribution in [0.15, 0.2) is 72.9 Å². The number of hydrogen-bond donors (Lipinski definition) is 0. The average Bonchev–Trinajstić information content (AvgIpc) is 2.85. The molecule has 3 aromatic carbocycles. The van der Waals surface area contributed by atoms with E-state index >= 15 is 0 Å². The van der Waals surface area contributed by atoms with Gasteiger partial charge in [-0.3, -0.25) is 14.8 Å². The molecule has 1 saturated heterocycles. The summed E-state index contributed by atoms with van der Waals surface area (Å²) in [4.78, 5) is 9.48. The lowest BCUT2D eigenvalue weighted by atomic mass is 10.1. The van der Waals surface area contributed by atoms with Crippen LogP contribution in [-0.2, 0) is 6.54 Å². The van der Waals surface area contributed by atoms with Crippen LogP contribution in [-0.4, -0.2) is 61.2 Å². The largest absolute Gasteiger partial charge is 0.495 e. The summed E-state index contributed by atoms with van der Waals surface area (Å²) in [5.74, 6) is 1.61. The quantitative estimate of drug-likeness (QED) is 0.431. The molecule has 1 aromatic heterocycles. The fourth-order valence-corrected chi connectivity index (χ4v) is 4.39. The molecule has 0 bridgehead atoms. The highest BCUT2D eigenvalue weighted by atomic mass is 16.5. The second kappa shape index (κ2) is 9.55. The van der Waals surface area contributed by atoms with Gasteiger partial charge in [-0.15, -0.1) is 0 Å². The lowest BCUT2D eigenvalue weighted by molar-refractivity contribution is 0.113. The second-order valence-corrected chi connectivity index (χ2v) is 8.35. The number of rotatable bonds is 7. The minimum Gasteiger partial charge on any atom is -0.495 e. The molecule has 0 N–H and O–H groups in total. The number of piperazine rings is 1. The summed E-state index contributed by atoms with van der Waals surface area (Å²) < 4.78 is 11.5. The van der Waals surface area contributed by atoms with Crippen LogP contribution < -0.4 is 9.47 Å². The van der Waals surface area contributed by atoms with Gasteiger partial charge in [-0.25, -0.2) is 0 Å². The van der Waals surface area contributed by atoms with E-state index in [0.717, 1.165) is 61.7 Å². The van der Waals surface area contributed by atoms with Crippen molar-refractivity contribution in [1.29, 1.82) is 0 Å². The van der Waals surface area contributed by atoms with E-state index in [2.05, 4.69) is 57.2 Å². The van der Waals surface area contributed by atoms with Gasteiger partial charge < -0.3 is 9.47 Å². The maximum atomic E-state index is 6.13. The Morgan fingerprint density at radius 2 is 1.66 bits per heavy atom. The molecular formula is C27H29N3O2. The van der Waals surface area contributed by atoms with Gasteiger partial charge in [0.1, 0.15) is 18.1 Å². The Morgan fingerprint density at radius 3 is 2.50 bits per heavy atom. The molecule has 0 unspecified atom stereocenters. The van der Waals surface area contributed by atoms with Crippen LogP contribution in [0.3, 0.4) is 0 Å². The highest BCUT2D eigenvalue weighted by molar-refractivity contribution is 5.86. The fraction of sp³-hybridized carbons (Fsp3) is 0.296. The standard InChI is InChI=1S/C27H29N3O2/c1-31-24-18-25-26(28-19-24)7-4-8-27(25)32-16-15-29-11-13-30(14-12-29)20-21-9-10-22-5-2-3-6-23(22)17-21/h2-10,17-19H,11-16,20H2,1H3. The molecule has 1 fully saturated rings. The van der Waals surface area contributed by atoms with Gasteiger partial charge in [0.2, 0.25) is 0 Å². The molecule has 0 saturated carbocycles. The summed E-state index contributed by atoms with van der Waals surface area (Å²) in [7, 11) is 1.66. The van der Waals surface area contributed by atoms with Gasteiger partial charge in [-0.05, 0) is 40.6 Å². The Kier molecular flexibility index (Phi) is 6.19. The summed E-state index contributed by atoms with van der Waals surface area (Å²) in [6.45, 7) is 6.92.